The lowest BCUT2D eigenvalue weighted by Crippen LogP contribution is -1.90. The van der Waals surface area contributed by atoms with E-state index in [4.69, 9.17) is 4.42 Å². The lowest BCUT2D eigenvalue weighted by molar-refractivity contribution is 0.491. The molecule has 0 aliphatic rings. The number of benzene rings is 1. The van der Waals surface area contributed by atoms with Crippen LogP contribution in [0.1, 0.15) is 57.6 Å². The molecule has 2 nitrogen and oxygen atoms in total. The molecule has 0 unspecified atom stereocenters. The van der Waals surface area contributed by atoms with Gasteiger partial charge in [-0.1, -0.05) is 52.3 Å². The molecule has 19 heavy (non-hydrogen) atoms. The Morgan fingerprint density at radius 1 is 1.11 bits per heavy atom. The molecule has 0 atom stereocenters. The van der Waals surface area contributed by atoms with Crippen molar-refractivity contribution in [1.82, 2.24) is 4.98 Å². The first-order valence-electron chi connectivity index (χ1n) is 7.18. The van der Waals surface area contributed by atoms with Gasteiger partial charge in [-0.05, 0) is 25.5 Å². The molecular weight excluding hydrogens is 234 g/mol. The minimum atomic E-state index is 0.386. The SMILES string of the molecule is CC.CCc1nc(-c2ccc(C)cc2)oc1C(C)C. The number of aromatic nitrogens is 1. The third-order valence-electron chi connectivity index (χ3n) is 2.89. The largest absolute Gasteiger partial charge is 0.441 e. The summed E-state index contributed by atoms with van der Waals surface area (Å²) in [6.45, 7) is 12.5. The van der Waals surface area contributed by atoms with Crippen molar-refractivity contribution >= 4 is 0 Å². The van der Waals surface area contributed by atoms with Gasteiger partial charge in [0.05, 0.1) is 5.69 Å². The van der Waals surface area contributed by atoms with Gasteiger partial charge in [0.25, 0.3) is 0 Å². The summed E-state index contributed by atoms with van der Waals surface area (Å²) in [6.07, 6.45) is 0.920. The predicted octanol–water partition coefficient (Wildman–Crippen LogP) is 5.36. The third kappa shape index (κ3) is 3.69. The van der Waals surface area contributed by atoms with Crippen LogP contribution in [0, 0.1) is 6.92 Å². The molecule has 0 N–H and O–H groups in total. The summed E-state index contributed by atoms with van der Waals surface area (Å²) in [4.78, 5) is 4.58. The summed E-state index contributed by atoms with van der Waals surface area (Å²) in [7, 11) is 0. The lowest BCUT2D eigenvalue weighted by Gasteiger charge is -2.00. The fourth-order valence-electron chi connectivity index (χ4n) is 1.89. The van der Waals surface area contributed by atoms with Crippen LogP contribution in [-0.2, 0) is 6.42 Å². The molecule has 0 aliphatic carbocycles. The molecule has 0 radical (unpaired) electrons. The molecule has 1 aromatic heterocycles. The maximum Gasteiger partial charge on any atom is 0.226 e. The number of rotatable bonds is 3. The van der Waals surface area contributed by atoms with Crippen molar-refractivity contribution in [2.24, 2.45) is 0 Å². The Morgan fingerprint density at radius 3 is 2.11 bits per heavy atom. The Bertz CT molecular complexity index is 494. The second-order valence-corrected chi connectivity index (χ2v) is 4.70. The summed E-state index contributed by atoms with van der Waals surface area (Å²) in [6, 6.07) is 8.29. The zero-order valence-electron chi connectivity index (χ0n) is 12.9. The standard InChI is InChI=1S/C15H19NO.C2H6/c1-5-13-14(10(2)3)17-15(16-13)12-8-6-11(4)7-9-12;1-2/h6-10H,5H2,1-4H3;1-2H3. The summed E-state index contributed by atoms with van der Waals surface area (Å²) in [5, 5.41) is 0. The van der Waals surface area contributed by atoms with E-state index in [1.807, 2.05) is 13.8 Å². The highest BCUT2D eigenvalue weighted by molar-refractivity contribution is 5.54. The Hall–Kier alpha value is -1.57. The van der Waals surface area contributed by atoms with Crippen LogP contribution in [0.4, 0.5) is 0 Å². The summed E-state index contributed by atoms with van der Waals surface area (Å²) in [5.74, 6) is 2.14. The lowest BCUT2D eigenvalue weighted by atomic mass is 10.1. The molecule has 1 aromatic carbocycles. The van der Waals surface area contributed by atoms with Crippen LogP contribution in [0.25, 0.3) is 11.5 Å². The van der Waals surface area contributed by atoms with Crippen LogP contribution in [0.5, 0.6) is 0 Å². The minimum absolute atomic E-state index is 0.386. The zero-order chi connectivity index (χ0) is 14.4. The smallest absolute Gasteiger partial charge is 0.226 e. The number of hydrogen-bond acceptors (Lipinski definition) is 2. The van der Waals surface area contributed by atoms with E-state index < -0.39 is 0 Å². The first-order chi connectivity index (χ1) is 9.11. The Labute approximate surface area is 116 Å². The summed E-state index contributed by atoms with van der Waals surface area (Å²) in [5.41, 5.74) is 3.38. The van der Waals surface area contributed by atoms with Gasteiger partial charge in [0.1, 0.15) is 5.76 Å². The molecule has 0 spiro atoms. The van der Waals surface area contributed by atoms with Crippen molar-refractivity contribution < 1.29 is 4.42 Å². The number of hydrogen-bond donors (Lipinski definition) is 0. The molecule has 0 aliphatic heterocycles. The van der Waals surface area contributed by atoms with E-state index in [0.717, 1.165) is 29.3 Å². The van der Waals surface area contributed by atoms with Crippen molar-refractivity contribution in [3.8, 4) is 11.5 Å². The second kappa shape index (κ2) is 7.13. The van der Waals surface area contributed by atoms with E-state index in [9.17, 15) is 0 Å². The van der Waals surface area contributed by atoms with E-state index in [-0.39, 0.29) is 0 Å². The van der Waals surface area contributed by atoms with Gasteiger partial charge in [-0.15, -0.1) is 0 Å². The first-order valence-corrected chi connectivity index (χ1v) is 7.18. The van der Waals surface area contributed by atoms with E-state index in [1.54, 1.807) is 0 Å². The summed E-state index contributed by atoms with van der Waals surface area (Å²) < 4.78 is 5.88. The molecular formula is C17H25NO. The Balaban J connectivity index is 0.000000861. The number of oxazole rings is 1. The highest BCUT2D eigenvalue weighted by Gasteiger charge is 2.15. The molecule has 2 aromatic rings. The summed E-state index contributed by atoms with van der Waals surface area (Å²) >= 11 is 0. The molecule has 2 heteroatoms. The number of aryl methyl sites for hydroxylation is 2. The van der Waals surface area contributed by atoms with Crippen LogP contribution in [0.2, 0.25) is 0 Å². The van der Waals surface area contributed by atoms with Crippen molar-refractivity contribution in [2.75, 3.05) is 0 Å². The topological polar surface area (TPSA) is 26.0 Å². The van der Waals surface area contributed by atoms with Gasteiger partial charge in [-0.3, -0.25) is 0 Å². The van der Waals surface area contributed by atoms with Crippen LogP contribution in [-0.4, -0.2) is 4.98 Å². The minimum Gasteiger partial charge on any atom is -0.441 e. The predicted molar refractivity (Wildman–Crippen MR) is 81.5 cm³/mol. The quantitative estimate of drug-likeness (QED) is 0.741. The van der Waals surface area contributed by atoms with Crippen molar-refractivity contribution in [3.05, 3.63) is 41.3 Å². The fourth-order valence-corrected chi connectivity index (χ4v) is 1.89. The molecule has 0 amide bonds. The molecule has 0 saturated heterocycles. The monoisotopic (exact) mass is 259 g/mol. The van der Waals surface area contributed by atoms with Crippen molar-refractivity contribution in [3.63, 3.8) is 0 Å². The average Bonchev–Trinajstić information content (AvgIpc) is 2.86. The van der Waals surface area contributed by atoms with E-state index >= 15 is 0 Å². The zero-order valence-corrected chi connectivity index (χ0v) is 12.9. The van der Waals surface area contributed by atoms with Gasteiger partial charge in [0.2, 0.25) is 5.89 Å². The van der Waals surface area contributed by atoms with Crippen molar-refractivity contribution in [2.45, 2.75) is 53.9 Å². The number of nitrogens with zero attached hydrogens (tertiary/aromatic N) is 1. The Morgan fingerprint density at radius 2 is 1.68 bits per heavy atom. The van der Waals surface area contributed by atoms with Crippen molar-refractivity contribution in [1.29, 1.82) is 0 Å². The van der Waals surface area contributed by atoms with Gasteiger partial charge >= 0.3 is 0 Å². The third-order valence-corrected chi connectivity index (χ3v) is 2.89. The van der Waals surface area contributed by atoms with Gasteiger partial charge < -0.3 is 4.42 Å². The highest BCUT2D eigenvalue weighted by atomic mass is 16.4. The molecule has 104 valence electrons. The fraction of sp³-hybridized carbons (Fsp3) is 0.471. The molecule has 0 saturated carbocycles. The van der Waals surface area contributed by atoms with Gasteiger partial charge in [0, 0.05) is 11.5 Å². The van der Waals surface area contributed by atoms with Gasteiger partial charge in [-0.25, -0.2) is 4.98 Å². The Kier molecular flexibility index (Phi) is 5.81. The molecule has 0 bridgehead atoms. The van der Waals surface area contributed by atoms with Gasteiger partial charge in [-0.2, -0.15) is 0 Å². The molecule has 0 fully saturated rings. The van der Waals surface area contributed by atoms with Crippen LogP contribution in [0.3, 0.4) is 0 Å². The first kappa shape index (κ1) is 15.5. The normalized spacial score (nSPS) is 10.3. The molecule has 1 heterocycles. The van der Waals surface area contributed by atoms with E-state index in [0.29, 0.717) is 5.92 Å². The van der Waals surface area contributed by atoms with Crippen LogP contribution in [0.15, 0.2) is 28.7 Å². The maximum atomic E-state index is 5.88. The second-order valence-electron chi connectivity index (χ2n) is 4.70. The van der Waals surface area contributed by atoms with Crippen LogP contribution < -0.4 is 0 Å². The van der Waals surface area contributed by atoms with Crippen LogP contribution >= 0.6 is 0 Å². The van der Waals surface area contributed by atoms with E-state index in [2.05, 4.69) is 56.9 Å². The average molecular weight is 259 g/mol. The molecule has 2 rings (SSSR count). The van der Waals surface area contributed by atoms with Gasteiger partial charge in [0.15, 0.2) is 0 Å². The van der Waals surface area contributed by atoms with E-state index in [1.165, 1.54) is 5.56 Å². The highest BCUT2D eigenvalue weighted by Crippen LogP contribution is 2.27. The maximum absolute atomic E-state index is 5.88.